The van der Waals surface area contributed by atoms with Crippen LogP contribution in [0, 0.1) is 0 Å². The Hall–Kier alpha value is -4.10. The summed E-state index contributed by atoms with van der Waals surface area (Å²) in [6, 6.07) is 10.5. The van der Waals surface area contributed by atoms with Gasteiger partial charge in [0, 0.05) is 11.4 Å². The SMILES string of the molecule is NC1c2ccoc2N=CN1c1ccc(NC(=O)Nc2cccc3c2C(F)(F)OC(F)(F)O3)cc1. The van der Waals surface area contributed by atoms with Crippen LogP contribution in [0.15, 0.2) is 64.2 Å². The maximum Gasteiger partial charge on any atom is 0.540 e. The molecule has 0 aliphatic carbocycles. The largest absolute Gasteiger partial charge is 0.540 e. The fraction of sp³-hybridized carbons (Fsp3) is 0.143. The number of alkyl halides is 4. The number of furan rings is 1. The number of nitrogens with two attached hydrogens (primary N) is 1. The summed E-state index contributed by atoms with van der Waals surface area (Å²) < 4.78 is 67.7. The highest BCUT2D eigenvalue weighted by Gasteiger charge is 2.55. The van der Waals surface area contributed by atoms with E-state index in [-0.39, 0.29) is 0 Å². The minimum absolute atomic E-state index is 0.323. The zero-order valence-electron chi connectivity index (χ0n) is 17.0. The van der Waals surface area contributed by atoms with Gasteiger partial charge in [0.25, 0.3) is 0 Å². The quantitative estimate of drug-likeness (QED) is 0.454. The Bertz CT molecular complexity index is 1280. The van der Waals surface area contributed by atoms with E-state index in [1.807, 2.05) is 0 Å². The number of fused-ring (bicyclic) bond motifs is 2. The smallest absolute Gasteiger partial charge is 0.446 e. The molecule has 1 aromatic heterocycles. The van der Waals surface area contributed by atoms with Crippen LogP contribution in [0.2, 0.25) is 0 Å². The van der Waals surface area contributed by atoms with Crippen LogP contribution in [0.4, 0.5) is 45.3 Å². The molecule has 3 heterocycles. The van der Waals surface area contributed by atoms with Crippen LogP contribution in [0.25, 0.3) is 0 Å². The van der Waals surface area contributed by atoms with E-state index in [0.717, 1.165) is 12.1 Å². The molecule has 34 heavy (non-hydrogen) atoms. The molecule has 4 N–H and O–H groups in total. The van der Waals surface area contributed by atoms with Gasteiger partial charge in [-0.3, -0.25) is 0 Å². The normalized spacial score (nSPS) is 19.6. The van der Waals surface area contributed by atoms with Crippen LogP contribution >= 0.6 is 0 Å². The Morgan fingerprint density at radius 2 is 1.82 bits per heavy atom. The third-order valence-corrected chi connectivity index (χ3v) is 5.06. The molecule has 176 valence electrons. The Morgan fingerprint density at radius 3 is 2.59 bits per heavy atom. The first-order chi connectivity index (χ1) is 16.1. The molecule has 0 saturated heterocycles. The molecule has 0 bridgehead atoms. The van der Waals surface area contributed by atoms with Crippen molar-refractivity contribution in [2.75, 3.05) is 15.5 Å². The lowest BCUT2D eigenvalue weighted by atomic mass is 10.1. The van der Waals surface area contributed by atoms with Gasteiger partial charge in [-0.15, -0.1) is 8.78 Å². The topological polar surface area (TPSA) is 114 Å². The van der Waals surface area contributed by atoms with Crippen LogP contribution in [0.1, 0.15) is 17.3 Å². The van der Waals surface area contributed by atoms with Crippen molar-refractivity contribution in [1.82, 2.24) is 0 Å². The van der Waals surface area contributed by atoms with Crippen molar-refractivity contribution >= 4 is 35.3 Å². The van der Waals surface area contributed by atoms with E-state index in [2.05, 4.69) is 25.1 Å². The number of anilines is 3. The summed E-state index contributed by atoms with van der Waals surface area (Å²) >= 11 is 0. The van der Waals surface area contributed by atoms with Crippen molar-refractivity contribution in [3.8, 4) is 5.75 Å². The molecule has 2 amide bonds. The number of hydrogen-bond acceptors (Lipinski definition) is 7. The van der Waals surface area contributed by atoms with Gasteiger partial charge in [0.05, 0.1) is 17.5 Å². The Kier molecular flexibility index (Phi) is 4.95. The number of ether oxygens (including phenoxy) is 2. The van der Waals surface area contributed by atoms with Crippen LogP contribution in [-0.2, 0) is 10.8 Å². The van der Waals surface area contributed by atoms with Gasteiger partial charge in [-0.05, 0) is 42.5 Å². The summed E-state index contributed by atoms with van der Waals surface area (Å²) in [4.78, 5) is 18.3. The van der Waals surface area contributed by atoms with Crippen molar-refractivity contribution in [2.24, 2.45) is 10.7 Å². The summed E-state index contributed by atoms with van der Waals surface area (Å²) in [7, 11) is 0. The predicted octanol–water partition coefficient (Wildman–Crippen LogP) is 5.07. The number of benzene rings is 2. The van der Waals surface area contributed by atoms with E-state index in [9.17, 15) is 22.4 Å². The predicted molar refractivity (Wildman–Crippen MR) is 112 cm³/mol. The summed E-state index contributed by atoms with van der Waals surface area (Å²) in [5.41, 5.74) is 6.44. The van der Waals surface area contributed by atoms with Crippen LogP contribution in [-0.4, -0.2) is 18.7 Å². The highest BCUT2D eigenvalue weighted by Crippen LogP contribution is 2.49. The molecule has 1 unspecified atom stereocenters. The molecule has 2 aliphatic rings. The molecule has 2 aliphatic heterocycles. The highest BCUT2D eigenvalue weighted by molar-refractivity contribution is 6.00. The first-order valence-corrected chi connectivity index (χ1v) is 9.75. The Balaban J connectivity index is 1.29. The maximum absolute atomic E-state index is 14.2. The maximum atomic E-state index is 14.2. The zero-order valence-corrected chi connectivity index (χ0v) is 17.0. The van der Waals surface area contributed by atoms with Gasteiger partial charge in [0.15, 0.2) is 0 Å². The minimum Gasteiger partial charge on any atom is -0.446 e. The molecule has 13 heteroatoms. The number of nitrogens with zero attached hydrogens (tertiary/aromatic N) is 2. The van der Waals surface area contributed by atoms with E-state index >= 15 is 0 Å². The lowest BCUT2D eigenvalue weighted by molar-refractivity contribution is -0.461. The average Bonchev–Trinajstić information content (AvgIpc) is 3.23. The summed E-state index contributed by atoms with van der Waals surface area (Å²) in [5, 5.41) is 4.67. The highest BCUT2D eigenvalue weighted by atomic mass is 19.3. The number of hydrogen-bond donors (Lipinski definition) is 3. The Morgan fingerprint density at radius 1 is 1.06 bits per heavy atom. The van der Waals surface area contributed by atoms with Crippen molar-refractivity contribution in [3.05, 3.63) is 65.9 Å². The van der Waals surface area contributed by atoms with Gasteiger partial charge in [-0.2, -0.15) is 8.78 Å². The Labute approximate surface area is 188 Å². The van der Waals surface area contributed by atoms with Gasteiger partial charge >= 0.3 is 18.4 Å². The van der Waals surface area contributed by atoms with Crippen LogP contribution in [0.3, 0.4) is 0 Å². The molecular formula is C21H15F4N5O4. The molecule has 9 nitrogen and oxygen atoms in total. The second kappa shape index (κ2) is 7.74. The standard InChI is InChI=1S/C21H15F4N5O4/c22-20(23)16-14(2-1-3-15(16)33-21(24,25)34-20)29-19(31)28-11-4-6-12(7-5-11)30-10-27-18-13(17(30)26)8-9-32-18/h1-10,17H,26H2,(H2,28,29,31). The summed E-state index contributed by atoms with van der Waals surface area (Å²) in [6.45, 7) is 0. The minimum atomic E-state index is -4.51. The van der Waals surface area contributed by atoms with Crippen LogP contribution in [0.5, 0.6) is 5.75 Å². The van der Waals surface area contributed by atoms with Crippen molar-refractivity contribution in [1.29, 1.82) is 0 Å². The number of carbonyl (C=O) groups excluding carboxylic acids is 1. The van der Waals surface area contributed by atoms with E-state index in [4.69, 9.17) is 10.2 Å². The van der Waals surface area contributed by atoms with Crippen molar-refractivity contribution in [2.45, 2.75) is 18.6 Å². The molecular weight excluding hydrogens is 462 g/mol. The van der Waals surface area contributed by atoms with Crippen LogP contribution < -0.4 is 26.0 Å². The first-order valence-electron chi connectivity index (χ1n) is 9.75. The summed E-state index contributed by atoms with van der Waals surface area (Å²) in [6.07, 6.45) is -6.44. The number of nitrogens with one attached hydrogen (secondary N) is 2. The monoisotopic (exact) mass is 477 g/mol. The first kappa shape index (κ1) is 21.7. The fourth-order valence-corrected chi connectivity index (χ4v) is 3.58. The molecule has 0 fully saturated rings. The van der Waals surface area contributed by atoms with Gasteiger partial charge < -0.3 is 30.4 Å². The third-order valence-electron chi connectivity index (χ3n) is 5.06. The molecule has 5 rings (SSSR count). The van der Waals surface area contributed by atoms with E-state index < -0.39 is 41.6 Å². The summed E-state index contributed by atoms with van der Waals surface area (Å²) in [5.74, 6) is -0.393. The number of halogens is 4. The van der Waals surface area contributed by atoms with Gasteiger partial charge in [-0.1, -0.05) is 6.07 Å². The molecule has 3 aromatic rings. The number of carbonyl (C=O) groups is 1. The molecule has 0 saturated carbocycles. The fourth-order valence-electron chi connectivity index (χ4n) is 3.58. The number of amides is 2. The second-order valence-electron chi connectivity index (χ2n) is 7.27. The molecule has 2 aromatic carbocycles. The van der Waals surface area contributed by atoms with Crippen molar-refractivity contribution in [3.63, 3.8) is 0 Å². The van der Waals surface area contributed by atoms with Gasteiger partial charge in [-0.25, -0.2) is 14.5 Å². The zero-order chi connectivity index (χ0) is 24.1. The van der Waals surface area contributed by atoms with E-state index in [1.54, 1.807) is 35.2 Å². The molecule has 0 spiro atoms. The van der Waals surface area contributed by atoms with E-state index in [0.29, 0.717) is 22.8 Å². The van der Waals surface area contributed by atoms with Gasteiger partial charge in [0.1, 0.15) is 23.8 Å². The average molecular weight is 477 g/mol. The van der Waals surface area contributed by atoms with Gasteiger partial charge in [0.2, 0.25) is 5.88 Å². The second-order valence-corrected chi connectivity index (χ2v) is 7.27. The third kappa shape index (κ3) is 3.91. The number of rotatable bonds is 3. The number of aliphatic imine (C=N–C) groups is 1. The van der Waals surface area contributed by atoms with Crippen molar-refractivity contribution < 1.29 is 36.2 Å². The number of urea groups is 1. The lowest BCUT2D eigenvalue weighted by Gasteiger charge is -2.31. The van der Waals surface area contributed by atoms with E-state index in [1.165, 1.54) is 18.7 Å². The molecule has 1 atom stereocenters. The molecule has 0 radical (unpaired) electrons. The lowest BCUT2D eigenvalue weighted by Crippen LogP contribution is -2.41.